The Hall–Kier alpha value is -1.95. The van der Waals surface area contributed by atoms with E-state index in [1.54, 1.807) is 39.7 Å². The van der Waals surface area contributed by atoms with Gasteiger partial charge in [0, 0.05) is 22.8 Å². The number of ether oxygens (including phenoxy) is 3. The van der Waals surface area contributed by atoms with E-state index in [0.717, 1.165) is 4.47 Å². The molecule has 1 aromatic carbocycles. The lowest BCUT2D eigenvalue weighted by Crippen LogP contribution is -2.00. The van der Waals surface area contributed by atoms with Crippen LogP contribution < -0.4 is 19.5 Å². The molecule has 0 amide bonds. The Bertz CT molecular complexity index is 562. The normalized spacial score (nSPS) is 10.0. The first-order chi connectivity index (χ1) is 9.67. The number of halogens is 1. The Labute approximate surface area is 126 Å². The molecule has 106 valence electrons. The summed E-state index contributed by atoms with van der Waals surface area (Å²) < 4.78 is 16.9. The molecule has 0 unspecified atom stereocenters. The van der Waals surface area contributed by atoms with Gasteiger partial charge in [0.15, 0.2) is 0 Å². The first-order valence-electron chi connectivity index (χ1n) is 5.86. The van der Waals surface area contributed by atoms with Crippen molar-refractivity contribution in [3.8, 4) is 17.2 Å². The van der Waals surface area contributed by atoms with Crippen molar-refractivity contribution >= 4 is 27.4 Å². The number of nitrogens with one attached hydrogen (secondary N) is 1. The zero-order valence-electron chi connectivity index (χ0n) is 11.4. The van der Waals surface area contributed by atoms with E-state index in [-0.39, 0.29) is 0 Å². The number of aromatic nitrogens is 1. The number of anilines is 2. The molecule has 2 aromatic rings. The summed E-state index contributed by atoms with van der Waals surface area (Å²) in [6.07, 6.45) is 1.71. The largest absolute Gasteiger partial charge is 0.496 e. The van der Waals surface area contributed by atoms with Crippen molar-refractivity contribution in [3.05, 3.63) is 34.9 Å². The summed E-state index contributed by atoms with van der Waals surface area (Å²) in [5.41, 5.74) is 0.700. The second-order valence-electron chi connectivity index (χ2n) is 3.89. The molecule has 0 radical (unpaired) electrons. The van der Waals surface area contributed by atoms with Crippen molar-refractivity contribution < 1.29 is 14.2 Å². The lowest BCUT2D eigenvalue weighted by Gasteiger charge is -2.16. The van der Waals surface area contributed by atoms with Crippen LogP contribution in [0.1, 0.15) is 0 Å². The van der Waals surface area contributed by atoms with Gasteiger partial charge in [-0.1, -0.05) is 0 Å². The van der Waals surface area contributed by atoms with Gasteiger partial charge in [0.2, 0.25) is 0 Å². The molecule has 0 aliphatic carbocycles. The maximum atomic E-state index is 5.37. The molecule has 1 aromatic heterocycles. The number of pyridine rings is 1. The zero-order chi connectivity index (χ0) is 14.5. The fourth-order valence-corrected chi connectivity index (χ4v) is 1.94. The van der Waals surface area contributed by atoms with Crippen LogP contribution in [0.15, 0.2) is 34.9 Å². The molecule has 1 N–H and O–H groups in total. The Kier molecular flexibility index (Phi) is 4.68. The van der Waals surface area contributed by atoms with Crippen LogP contribution in [-0.2, 0) is 0 Å². The van der Waals surface area contributed by atoms with Gasteiger partial charge in [-0.15, -0.1) is 0 Å². The van der Waals surface area contributed by atoms with E-state index in [1.165, 1.54) is 0 Å². The first kappa shape index (κ1) is 14.5. The molecule has 0 spiro atoms. The Morgan fingerprint density at radius 2 is 1.65 bits per heavy atom. The van der Waals surface area contributed by atoms with Crippen molar-refractivity contribution in [2.75, 3.05) is 26.6 Å². The summed E-state index contributed by atoms with van der Waals surface area (Å²) in [7, 11) is 4.78. The van der Waals surface area contributed by atoms with Gasteiger partial charge in [0.25, 0.3) is 0 Å². The third kappa shape index (κ3) is 3.14. The first-order valence-corrected chi connectivity index (χ1v) is 6.65. The summed E-state index contributed by atoms with van der Waals surface area (Å²) in [4.78, 5) is 4.27. The van der Waals surface area contributed by atoms with Crippen LogP contribution in [0.5, 0.6) is 17.2 Å². The number of hydrogen-bond acceptors (Lipinski definition) is 5. The molecule has 5 nitrogen and oxygen atoms in total. The van der Waals surface area contributed by atoms with Crippen molar-refractivity contribution in [2.24, 2.45) is 0 Å². The molecule has 0 atom stereocenters. The minimum Gasteiger partial charge on any atom is -0.496 e. The summed E-state index contributed by atoms with van der Waals surface area (Å²) in [5.74, 6) is 2.58. The molecule has 0 aliphatic rings. The SMILES string of the molecule is COc1cc(OC)c(Nc2ccc(Br)cn2)c(OC)c1. The second-order valence-corrected chi connectivity index (χ2v) is 4.81. The van der Waals surface area contributed by atoms with Crippen molar-refractivity contribution in [1.29, 1.82) is 0 Å². The highest BCUT2D eigenvalue weighted by Gasteiger charge is 2.13. The molecule has 1 heterocycles. The van der Waals surface area contributed by atoms with E-state index in [4.69, 9.17) is 14.2 Å². The molecule has 0 aliphatic heterocycles. The van der Waals surface area contributed by atoms with Gasteiger partial charge in [-0.2, -0.15) is 0 Å². The van der Waals surface area contributed by atoms with Gasteiger partial charge in [0.05, 0.1) is 21.3 Å². The molecule has 0 fully saturated rings. The molecular formula is C14H15BrN2O3. The number of benzene rings is 1. The lowest BCUT2D eigenvalue weighted by molar-refractivity contribution is 0.378. The number of methoxy groups -OCH3 is 3. The van der Waals surface area contributed by atoms with Crippen molar-refractivity contribution in [3.63, 3.8) is 0 Å². The van der Waals surface area contributed by atoms with E-state index in [2.05, 4.69) is 26.2 Å². The highest BCUT2D eigenvalue weighted by molar-refractivity contribution is 9.10. The number of rotatable bonds is 5. The van der Waals surface area contributed by atoms with Crippen LogP contribution in [0.3, 0.4) is 0 Å². The zero-order valence-corrected chi connectivity index (χ0v) is 13.0. The highest BCUT2D eigenvalue weighted by Crippen LogP contribution is 2.40. The van der Waals surface area contributed by atoms with Gasteiger partial charge in [-0.25, -0.2) is 4.98 Å². The van der Waals surface area contributed by atoms with Crippen LogP contribution in [0.2, 0.25) is 0 Å². The van der Waals surface area contributed by atoms with Crippen molar-refractivity contribution in [2.45, 2.75) is 0 Å². The smallest absolute Gasteiger partial charge is 0.149 e. The standard InChI is InChI=1S/C14H15BrN2O3/c1-18-10-6-11(19-2)14(12(7-10)20-3)17-13-5-4-9(15)8-16-13/h4-8H,1-3H3,(H,16,17). The molecule has 0 saturated carbocycles. The van der Waals surface area contributed by atoms with E-state index in [9.17, 15) is 0 Å². The van der Waals surface area contributed by atoms with E-state index >= 15 is 0 Å². The van der Waals surface area contributed by atoms with E-state index in [1.807, 2.05) is 12.1 Å². The molecule has 2 rings (SSSR count). The van der Waals surface area contributed by atoms with Gasteiger partial charge in [-0.3, -0.25) is 0 Å². The van der Waals surface area contributed by atoms with Crippen LogP contribution in [0.25, 0.3) is 0 Å². The third-order valence-electron chi connectivity index (χ3n) is 2.70. The molecule has 6 heteroatoms. The Balaban J connectivity index is 2.41. The highest BCUT2D eigenvalue weighted by atomic mass is 79.9. The van der Waals surface area contributed by atoms with Crippen LogP contribution in [0.4, 0.5) is 11.5 Å². The molecule has 0 bridgehead atoms. The van der Waals surface area contributed by atoms with E-state index < -0.39 is 0 Å². The minimum atomic E-state index is 0.617. The van der Waals surface area contributed by atoms with Gasteiger partial charge in [0.1, 0.15) is 28.8 Å². The summed E-state index contributed by atoms with van der Waals surface area (Å²) in [6, 6.07) is 7.32. The number of nitrogens with zero attached hydrogens (tertiary/aromatic N) is 1. The monoisotopic (exact) mass is 338 g/mol. The maximum absolute atomic E-state index is 5.37. The average molecular weight is 339 g/mol. The summed E-state index contributed by atoms with van der Waals surface area (Å²) in [5, 5.41) is 3.18. The Morgan fingerprint density at radius 1 is 1.00 bits per heavy atom. The maximum Gasteiger partial charge on any atom is 0.149 e. The van der Waals surface area contributed by atoms with Gasteiger partial charge >= 0.3 is 0 Å². The molecule has 0 saturated heterocycles. The second kappa shape index (κ2) is 6.47. The predicted molar refractivity (Wildman–Crippen MR) is 81.3 cm³/mol. The fraction of sp³-hybridized carbons (Fsp3) is 0.214. The van der Waals surface area contributed by atoms with Crippen molar-refractivity contribution in [1.82, 2.24) is 4.98 Å². The Morgan fingerprint density at radius 3 is 2.10 bits per heavy atom. The number of hydrogen-bond donors (Lipinski definition) is 1. The minimum absolute atomic E-state index is 0.617. The van der Waals surface area contributed by atoms with Gasteiger partial charge in [-0.05, 0) is 28.1 Å². The predicted octanol–water partition coefficient (Wildman–Crippen LogP) is 3.61. The third-order valence-corrected chi connectivity index (χ3v) is 3.16. The average Bonchev–Trinajstić information content (AvgIpc) is 2.49. The lowest BCUT2D eigenvalue weighted by atomic mass is 10.2. The van der Waals surface area contributed by atoms with E-state index in [0.29, 0.717) is 28.8 Å². The topological polar surface area (TPSA) is 52.6 Å². The summed E-state index contributed by atoms with van der Waals surface area (Å²) >= 11 is 3.35. The van der Waals surface area contributed by atoms with Gasteiger partial charge < -0.3 is 19.5 Å². The van der Waals surface area contributed by atoms with Crippen LogP contribution in [0, 0.1) is 0 Å². The summed E-state index contributed by atoms with van der Waals surface area (Å²) in [6.45, 7) is 0. The molecule has 20 heavy (non-hydrogen) atoms. The fourth-order valence-electron chi connectivity index (χ4n) is 1.71. The van der Waals surface area contributed by atoms with Crippen LogP contribution in [-0.4, -0.2) is 26.3 Å². The quantitative estimate of drug-likeness (QED) is 0.902. The van der Waals surface area contributed by atoms with Crippen LogP contribution >= 0.6 is 15.9 Å². The molecular weight excluding hydrogens is 324 g/mol.